The molecule has 31 heavy (non-hydrogen) atoms. The molecule has 0 spiro atoms. The number of hydrogen-bond donors (Lipinski definition) is 0. The highest BCUT2D eigenvalue weighted by Crippen LogP contribution is 2.45. The molecular formula is C31H36. The number of benzene rings is 3. The maximum Gasteiger partial charge on any atom is -0.00574 e. The lowest BCUT2D eigenvalue weighted by Crippen LogP contribution is -2.21. The van der Waals surface area contributed by atoms with Crippen molar-refractivity contribution in [3.8, 4) is 11.1 Å². The molecule has 5 rings (SSSR count). The van der Waals surface area contributed by atoms with Crippen molar-refractivity contribution in [3.05, 3.63) is 77.4 Å². The monoisotopic (exact) mass is 408 g/mol. The lowest BCUT2D eigenvalue weighted by molar-refractivity contribution is 0.215. The van der Waals surface area contributed by atoms with E-state index < -0.39 is 0 Å². The molecule has 0 heteroatoms. The van der Waals surface area contributed by atoms with E-state index in [1.54, 1.807) is 5.57 Å². The fourth-order valence-corrected chi connectivity index (χ4v) is 6.22. The van der Waals surface area contributed by atoms with Crippen LogP contribution >= 0.6 is 0 Å². The zero-order valence-electron chi connectivity index (χ0n) is 19.1. The molecule has 2 aliphatic rings. The molecule has 2 aliphatic carbocycles. The van der Waals surface area contributed by atoms with Crippen LogP contribution in [-0.2, 0) is 6.42 Å². The van der Waals surface area contributed by atoms with Crippen LogP contribution in [0.1, 0.15) is 82.3 Å². The molecule has 0 radical (unpaired) electrons. The third-order valence-electron chi connectivity index (χ3n) is 8.06. The third-order valence-corrected chi connectivity index (χ3v) is 8.06. The summed E-state index contributed by atoms with van der Waals surface area (Å²) in [7, 11) is 0. The van der Waals surface area contributed by atoms with Crippen molar-refractivity contribution in [3.63, 3.8) is 0 Å². The van der Waals surface area contributed by atoms with Crippen LogP contribution in [0.15, 0.2) is 66.2 Å². The quantitative estimate of drug-likeness (QED) is 0.403. The first-order chi connectivity index (χ1) is 15.3. The van der Waals surface area contributed by atoms with Gasteiger partial charge in [0.15, 0.2) is 0 Å². The molecule has 0 atom stereocenters. The van der Waals surface area contributed by atoms with Crippen molar-refractivity contribution in [1.29, 1.82) is 0 Å². The van der Waals surface area contributed by atoms with Crippen LogP contribution in [-0.4, -0.2) is 0 Å². The summed E-state index contributed by atoms with van der Waals surface area (Å²) >= 11 is 0. The fourth-order valence-electron chi connectivity index (χ4n) is 6.22. The molecule has 0 amide bonds. The van der Waals surface area contributed by atoms with E-state index in [2.05, 4.69) is 73.7 Å². The molecule has 0 aliphatic heterocycles. The lowest BCUT2D eigenvalue weighted by atomic mass is 9.72. The minimum Gasteiger partial charge on any atom is -0.0648 e. The Hall–Kier alpha value is -2.34. The SMILES string of the molecule is CCC1(CC2=Cc3c(cccc3-c3cccc4ccccc34)C2)CCCCCCCC1. The van der Waals surface area contributed by atoms with Gasteiger partial charge in [0.2, 0.25) is 0 Å². The summed E-state index contributed by atoms with van der Waals surface area (Å²) in [6.07, 6.45) is 17.8. The fraction of sp³-hybridized carbons (Fsp3) is 0.419. The second-order valence-corrected chi connectivity index (χ2v) is 10.0. The van der Waals surface area contributed by atoms with Gasteiger partial charge in [0.25, 0.3) is 0 Å². The molecule has 0 N–H and O–H groups in total. The molecule has 0 heterocycles. The summed E-state index contributed by atoms with van der Waals surface area (Å²) in [4.78, 5) is 0. The molecule has 3 aromatic carbocycles. The zero-order chi connectivity index (χ0) is 21.1. The van der Waals surface area contributed by atoms with Gasteiger partial charge in [-0.05, 0) is 64.1 Å². The minimum absolute atomic E-state index is 0.526. The smallest absolute Gasteiger partial charge is 0.00574 e. The van der Waals surface area contributed by atoms with Gasteiger partial charge in [0, 0.05) is 0 Å². The summed E-state index contributed by atoms with van der Waals surface area (Å²) in [5, 5.41) is 2.69. The Bertz CT molecular complexity index is 1070. The van der Waals surface area contributed by atoms with Crippen molar-refractivity contribution in [1.82, 2.24) is 0 Å². The van der Waals surface area contributed by atoms with Crippen LogP contribution in [0, 0.1) is 5.41 Å². The van der Waals surface area contributed by atoms with Gasteiger partial charge >= 0.3 is 0 Å². The summed E-state index contributed by atoms with van der Waals surface area (Å²) in [5.41, 5.74) is 7.98. The van der Waals surface area contributed by atoms with Crippen LogP contribution in [0.5, 0.6) is 0 Å². The van der Waals surface area contributed by atoms with Crippen molar-refractivity contribution < 1.29 is 0 Å². The predicted octanol–water partition coefficient (Wildman–Crippen LogP) is 9.37. The molecular weight excluding hydrogens is 372 g/mol. The number of fused-ring (bicyclic) bond motifs is 2. The Morgan fingerprint density at radius 1 is 0.710 bits per heavy atom. The van der Waals surface area contributed by atoms with Gasteiger partial charge in [-0.2, -0.15) is 0 Å². The van der Waals surface area contributed by atoms with Gasteiger partial charge in [-0.25, -0.2) is 0 Å². The van der Waals surface area contributed by atoms with Crippen molar-refractivity contribution >= 4 is 16.8 Å². The second-order valence-electron chi connectivity index (χ2n) is 10.0. The minimum atomic E-state index is 0.526. The van der Waals surface area contributed by atoms with E-state index in [1.165, 1.54) is 97.2 Å². The summed E-state index contributed by atoms with van der Waals surface area (Å²) in [6.45, 7) is 2.45. The first-order valence-electron chi connectivity index (χ1n) is 12.6. The van der Waals surface area contributed by atoms with Gasteiger partial charge in [-0.15, -0.1) is 0 Å². The summed E-state index contributed by atoms with van der Waals surface area (Å²) < 4.78 is 0. The molecule has 0 bridgehead atoms. The van der Waals surface area contributed by atoms with E-state index in [4.69, 9.17) is 0 Å². The molecule has 0 aromatic heterocycles. The van der Waals surface area contributed by atoms with Crippen LogP contribution < -0.4 is 0 Å². The van der Waals surface area contributed by atoms with Crippen molar-refractivity contribution in [2.24, 2.45) is 5.41 Å². The van der Waals surface area contributed by atoms with Gasteiger partial charge in [-0.1, -0.05) is 124 Å². The van der Waals surface area contributed by atoms with Crippen LogP contribution in [0.2, 0.25) is 0 Å². The zero-order valence-corrected chi connectivity index (χ0v) is 19.1. The number of rotatable bonds is 4. The largest absolute Gasteiger partial charge is 0.0648 e. The average molecular weight is 409 g/mol. The van der Waals surface area contributed by atoms with E-state index in [0.717, 1.165) is 6.42 Å². The number of hydrogen-bond acceptors (Lipinski definition) is 0. The maximum atomic E-state index is 2.57. The van der Waals surface area contributed by atoms with E-state index >= 15 is 0 Å². The molecule has 1 fully saturated rings. The lowest BCUT2D eigenvalue weighted by Gasteiger charge is -2.33. The Morgan fingerprint density at radius 2 is 1.39 bits per heavy atom. The van der Waals surface area contributed by atoms with E-state index in [9.17, 15) is 0 Å². The molecule has 3 aromatic rings. The van der Waals surface area contributed by atoms with Crippen molar-refractivity contribution in [2.45, 2.75) is 77.6 Å². The normalized spacial score (nSPS) is 18.7. The Kier molecular flexibility index (Phi) is 5.99. The summed E-state index contributed by atoms with van der Waals surface area (Å²) in [5.74, 6) is 0. The van der Waals surface area contributed by atoms with Gasteiger partial charge in [0.05, 0.1) is 0 Å². The predicted molar refractivity (Wildman–Crippen MR) is 135 cm³/mol. The molecule has 0 saturated heterocycles. The van der Waals surface area contributed by atoms with Gasteiger partial charge < -0.3 is 0 Å². The topological polar surface area (TPSA) is 0 Å². The standard InChI is InChI=1S/C31H36/c1-2-31(19-9-5-3-4-6-10-20-31)23-24-21-26-15-12-18-29(30(26)22-24)28-17-11-14-25-13-7-8-16-27(25)28/h7-8,11-18,22H,2-6,9-10,19-21,23H2,1H3. The first-order valence-corrected chi connectivity index (χ1v) is 12.6. The van der Waals surface area contributed by atoms with Crippen LogP contribution in [0.25, 0.3) is 28.0 Å². The van der Waals surface area contributed by atoms with Crippen LogP contribution in [0.3, 0.4) is 0 Å². The van der Waals surface area contributed by atoms with Crippen molar-refractivity contribution in [2.75, 3.05) is 0 Å². The average Bonchev–Trinajstić information content (AvgIpc) is 3.26. The molecule has 160 valence electrons. The highest BCUT2D eigenvalue weighted by atomic mass is 14.4. The molecule has 1 saturated carbocycles. The van der Waals surface area contributed by atoms with Gasteiger partial charge in [-0.3, -0.25) is 0 Å². The van der Waals surface area contributed by atoms with E-state index in [0.29, 0.717) is 5.41 Å². The summed E-state index contributed by atoms with van der Waals surface area (Å²) in [6, 6.07) is 22.5. The molecule has 0 nitrogen and oxygen atoms in total. The number of allylic oxidation sites excluding steroid dienone is 1. The third kappa shape index (κ3) is 4.22. The second kappa shape index (κ2) is 9.03. The van der Waals surface area contributed by atoms with Crippen LogP contribution in [0.4, 0.5) is 0 Å². The Morgan fingerprint density at radius 3 is 2.19 bits per heavy atom. The highest BCUT2D eigenvalue weighted by molar-refractivity contribution is 5.99. The maximum absolute atomic E-state index is 2.57. The van der Waals surface area contributed by atoms with Gasteiger partial charge in [0.1, 0.15) is 0 Å². The Labute approximate surface area is 188 Å². The van der Waals surface area contributed by atoms with E-state index in [-0.39, 0.29) is 0 Å². The van der Waals surface area contributed by atoms with E-state index in [1.807, 2.05) is 0 Å². The molecule has 0 unspecified atom stereocenters. The Balaban J connectivity index is 1.48. The highest BCUT2D eigenvalue weighted by Gasteiger charge is 2.30. The first kappa shape index (κ1) is 20.6.